The van der Waals surface area contributed by atoms with Crippen molar-refractivity contribution in [2.24, 2.45) is 0 Å². The highest BCUT2D eigenvalue weighted by Gasteiger charge is 2.57. The van der Waals surface area contributed by atoms with Gasteiger partial charge in [-0.2, -0.15) is 0 Å². The van der Waals surface area contributed by atoms with Gasteiger partial charge in [-0.3, -0.25) is 20.2 Å². The highest BCUT2D eigenvalue weighted by atomic mass is 28.4. The number of urea groups is 1. The summed E-state index contributed by atoms with van der Waals surface area (Å²) < 4.78 is 6.02. The SMILES string of the molecule is CC(c1ccccc1)C1(O[Si](C)(C)C)C(=O)NC(=O)NC1=O. The second-order valence-electron chi connectivity index (χ2n) is 6.32. The molecular formula is C15H20N2O4Si. The van der Waals surface area contributed by atoms with Crippen LogP contribution in [0.1, 0.15) is 18.4 Å². The number of nitrogens with one attached hydrogen (secondary N) is 2. The Bertz CT molecular complexity index is 590. The first-order valence-electron chi connectivity index (χ1n) is 7.09. The van der Waals surface area contributed by atoms with Gasteiger partial charge in [0.05, 0.1) is 0 Å². The topological polar surface area (TPSA) is 84.5 Å². The van der Waals surface area contributed by atoms with Crippen LogP contribution in [0.15, 0.2) is 30.3 Å². The zero-order chi connectivity index (χ0) is 16.5. The van der Waals surface area contributed by atoms with Crippen LogP contribution in [-0.2, 0) is 14.0 Å². The molecule has 6 nitrogen and oxygen atoms in total. The fourth-order valence-electron chi connectivity index (χ4n) is 2.56. The van der Waals surface area contributed by atoms with Crippen LogP contribution in [0.2, 0.25) is 19.6 Å². The number of hydrogen-bond acceptors (Lipinski definition) is 4. The van der Waals surface area contributed by atoms with Crippen molar-refractivity contribution in [1.82, 2.24) is 10.6 Å². The van der Waals surface area contributed by atoms with Crippen molar-refractivity contribution in [3.8, 4) is 0 Å². The van der Waals surface area contributed by atoms with Gasteiger partial charge in [0.1, 0.15) is 0 Å². The molecule has 0 saturated carbocycles. The monoisotopic (exact) mass is 320 g/mol. The Morgan fingerprint density at radius 1 is 1.00 bits per heavy atom. The van der Waals surface area contributed by atoms with Crippen LogP contribution in [0.4, 0.5) is 4.79 Å². The summed E-state index contributed by atoms with van der Waals surface area (Å²) in [6.07, 6.45) is 0. The molecular weight excluding hydrogens is 300 g/mol. The number of hydrogen-bond donors (Lipinski definition) is 2. The molecule has 0 aromatic heterocycles. The number of carbonyl (C=O) groups excluding carboxylic acids is 3. The molecule has 1 saturated heterocycles. The average molecular weight is 320 g/mol. The van der Waals surface area contributed by atoms with Crippen molar-refractivity contribution in [3.63, 3.8) is 0 Å². The summed E-state index contributed by atoms with van der Waals surface area (Å²) in [5, 5.41) is 4.32. The maximum atomic E-state index is 12.5. The normalized spacial score (nSPS) is 19.4. The van der Waals surface area contributed by atoms with Gasteiger partial charge in [-0.15, -0.1) is 0 Å². The van der Waals surface area contributed by atoms with E-state index in [1.807, 2.05) is 50.0 Å². The van der Waals surface area contributed by atoms with E-state index in [-0.39, 0.29) is 0 Å². The van der Waals surface area contributed by atoms with Crippen LogP contribution >= 0.6 is 0 Å². The highest BCUT2D eigenvalue weighted by Crippen LogP contribution is 2.35. The summed E-state index contributed by atoms with van der Waals surface area (Å²) in [4.78, 5) is 36.5. The molecule has 4 amide bonds. The molecule has 1 fully saturated rings. The molecule has 0 bridgehead atoms. The molecule has 1 aliphatic heterocycles. The van der Waals surface area contributed by atoms with Gasteiger partial charge < -0.3 is 4.43 Å². The predicted octanol–water partition coefficient (Wildman–Crippen LogP) is 1.75. The van der Waals surface area contributed by atoms with Crippen LogP contribution in [0.5, 0.6) is 0 Å². The first kappa shape index (κ1) is 16.4. The van der Waals surface area contributed by atoms with E-state index in [1.165, 1.54) is 0 Å². The molecule has 1 aliphatic rings. The standard InChI is InChI=1S/C15H20N2O4Si/c1-10(11-8-6-5-7-9-11)15(21-22(2,3)4)12(18)16-14(20)17-13(15)19/h5-10H,1-4H3,(H2,16,17,18,19,20). The van der Waals surface area contributed by atoms with E-state index in [4.69, 9.17) is 4.43 Å². The van der Waals surface area contributed by atoms with Crippen LogP contribution in [0.25, 0.3) is 0 Å². The molecule has 0 aliphatic carbocycles. The maximum absolute atomic E-state index is 12.5. The molecule has 1 aromatic carbocycles. The third-order valence-electron chi connectivity index (χ3n) is 3.51. The molecule has 2 rings (SSSR count). The lowest BCUT2D eigenvalue weighted by atomic mass is 9.81. The number of barbiturate groups is 1. The third-order valence-corrected chi connectivity index (χ3v) is 4.44. The second kappa shape index (κ2) is 5.66. The molecule has 22 heavy (non-hydrogen) atoms. The first-order valence-corrected chi connectivity index (χ1v) is 10.5. The summed E-state index contributed by atoms with van der Waals surface area (Å²) in [5.41, 5.74) is -0.944. The largest absolute Gasteiger partial charge is 0.396 e. The van der Waals surface area contributed by atoms with E-state index in [9.17, 15) is 14.4 Å². The van der Waals surface area contributed by atoms with Crippen LogP contribution in [-0.4, -0.2) is 31.8 Å². The molecule has 118 valence electrons. The van der Waals surface area contributed by atoms with Crippen LogP contribution in [0.3, 0.4) is 0 Å². The number of imide groups is 2. The van der Waals surface area contributed by atoms with Gasteiger partial charge in [0.25, 0.3) is 11.8 Å². The summed E-state index contributed by atoms with van der Waals surface area (Å²) >= 11 is 0. The Morgan fingerprint density at radius 3 is 1.95 bits per heavy atom. The van der Waals surface area contributed by atoms with Crippen LogP contribution in [0, 0.1) is 0 Å². The lowest BCUT2D eigenvalue weighted by molar-refractivity contribution is -0.154. The number of benzene rings is 1. The smallest absolute Gasteiger partial charge is 0.328 e. The van der Waals surface area contributed by atoms with Gasteiger partial charge in [-0.25, -0.2) is 4.79 Å². The highest BCUT2D eigenvalue weighted by molar-refractivity contribution is 6.70. The Morgan fingerprint density at radius 2 is 1.50 bits per heavy atom. The minimum atomic E-state index is -2.25. The Labute approximate surface area is 130 Å². The molecule has 0 spiro atoms. The predicted molar refractivity (Wildman–Crippen MR) is 83.7 cm³/mol. The Balaban J connectivity index is 2.53. The first-order chi connectivity index (χ1) is 10.2. The van der Waals surface area contributed by atoms with Crippen molar-refractivity contribution in [1.29, 1.82) is 0 Å². The number of amides is 4. The lowest BCUT2D eigenvalue weighted by Crippen LogP contribution is -2.71. The molecule has 1 atom stereocenters. The van der Waals surface area contributed by atoms with Crippen molar-refractivity contribution in [3.05, 3.63) is 35.9 Å². The maximum Gasteiger partial charge on any atom is 0.328 e. The van der Waals surface area contributed by atoms with Gasteiger partial charge in [0.2, 0.25) is 5.60 Å². The van der Waals surface area contributed by atoms with Crippen molar-refractivity contribution < 1.29 is 18.8 Å². The van der Waals surface area contributed by atoms with Gasteiger partial charge >= 0.3 is 6.03 Å². The zero-order valence-corrected chi connectivity index (χ0v) is 14.1. The number of carbonyl (C=O) groups is 3. The average Bonchev–Trinajstić information content (AvgIpc) is 2.42. The molecule has 1 aromatic rings. The summed E-state index contributed by atoms with van der Waals surface area (Å²) in [7, 11) is -2.25. The molecule has 7 heteroatoms. The molecule has 2 N–H and O–H groups in total. The minimum absolute atomic E-state index is 0.534. The second-order valence-corrected chi connectivity index (χ2v) is 10.7. The summed E-state index contributed by atoms with van der Waals surface area (Å²) in [6, 6.07) is 8.36. The molecule has 1 unspecified atom stereocenters. The van der Waals surface area contributed by atoms with E-state index < -0.39 is 37.7 Å². The van der Waals surface area contributed by atoms with Gasteiger partial charge in [0.15, 0.2) is 8.32 Å². The Hall–Kier alpha value is -1.99. The van der Waals surface area contributed by atoms with Gasteiger partial charge in [0, 0.05) is 5.92 Å². The minimum Gasteiger partial charge on any atom is -0.396 e. The summed E-state index contributed by atoms with van der Waals surface area (Å²) in [6.45, 7) is 7.43. The molecule has 0 radical (unpaired) electrons. The number of rotatable bonds is 4. The van der Waals surface area contributed by atoms with Crippen molar-refractivity contribution in [2.75, 3.05) is 0 Å². The van der Waals surface area contributed by atoms with Crippen molar-refractivity contribution in [2.45, 2.75) is 38.1 Å². The summed E-state index contributed by atoms with van der Waals surface area (Å²) in [5.74, 6) is -1.95. The van der Waals surface area contributed by atoms with Crippen LogP contribution < -0.4 is 10.6 Å². The van der Waals surface area contributed by atoms with E-state index in [0.29, 0.717) is 0 Å². The van der Waals surface area contributed by atoms with E-state index in [0.717, 1.165) is 5.56 Å². The fourth-order valence-corrected chi connectivity index (χ4v) is 3.89. The lowest BCUT2D eigenvalue weighted by Gasteiger charge is -2.42. The fraction of sp³-hybridized carbons (Fsp3) is 0.400. The zero-order valence-electron chi connectivity index (χ0n) is 13.1. The van der Waals surface area contributed by atoms with E-state index in [2.05, 4.69) is 10.6 Å². The van der Waals surface area contributed by atoms with E-state index in [1.54, 1.807) is 6.92 Å². The van der Waals surface area contributed by atoms with Gasteiger partial charge in [-0.05, 0) is 25.2 Å². The quantitative estimate of drug-likeness (QED) is 0.654. The van der Waals surface area contributed by atoms with Gasteiger partial charge in [-0.1, -0.05) is 37.3 Å². The molecule has 1 heterocycles. The van der Waals surface area contributed by atoms with E-state index >= 15 is 0 Å². The Kier molecular flexibility index (Phi) is 4.21. The van der Waals surface area contributed by atoms with Crippen molar-refractivity contribution >= 4 is 26.2 Å². The third kappa shape index (κ3) is 2.95.